The first-order valence-corrected chi connectivity index (χ1v) is 6.57. The summed E-state index contributed by atoms with van der Waals surface area (Å²) in [5.74, 6) is 0.337. The monoisotopic (exact) mass is 275 g/mol. The Bertz CT molecular complexity index is 539. The lowest BCUT2D eigenvalue weighted by Gasteiger charge is -2.29. The highest BCUT2D eigenvalue weighted by Crippen LogP contribution is 2.28. The summed E-state index contributed by atoms with van der Waals surface area (Å²) in [5, 5.41) is 20.0. The Labute approximate surface area is 117 Å². The number of piperidine rings is 1. The predicted molar refractivity (Wildman–Crippen MR) is 73.3 cm³/mol. The van der Waals surface area contributed by atoms with Crippen LogP contribution in [0.25, 0.3) is 0 Å². The number of hydrogen-bond acceptors (Lipinski definition) is 5. The van der Waals surface area contributed by atoms with Crippen molar-refractivity contribution >= 4 is 5.69 Å². The van der Waals surface area contributed by atoms with Crippen LogP contribution in [0.1, 0.15) is 18.4 Å². The number of methoxy groups -OCH3 is 1. The lowest BCUT2D eigenvalue weighted by molar-refractivity contribution is -0.385. The van der Waals surface area contributed by atoms with Crippen LogP contribution >= 0.6 is 0 Å². The van der Waals surface area contributed by atoms with Crippen LogP contribution in [0.15, 0.2) is 18.2 Å². The molecule has 0 saturated carbocycles. The molecule has 2 rings (SSSR count). The molecular formula is C14H17N3O3. The van der Waals surface area contributed by atoms with Crippen LogP contribution in [0.5, 0.6) is 5.75 Å². The fraction of sp³-hybridized carbons (Fsp3) is 0.500. The standard InChI is InChI=1S/C14H17N3O3/c1-20-14-5-4-11(7-13(14)17(18)19)9-16-6-2-3-12(8-15)10-16/h4-5,7,12H,2-3,6,9-10H2,1H3. The molecule has 0 bridgehead atoms. The van der Waals surface area contributed by atoms with E-state index in [9.17, 15) is 10.1 Å². The zero-order chi connectivity index (χ0) is 14.5. The summed E-state index contributed by atoms with van der Waals surface area (Å²) in [6.45, 7) is 2.29. The van der Waals surface area contributed by atoms with Gasteiger partial charge in [-0.15, -0.1) is 0 Å². The summed E-state index contributed by atoms with van der Waals surface area (Å²) in [4.78, 5) is 12.7. The Morgan fingerprint density at radius 3 is 3.05 bits per heavy atom. The van der Waals surface area contributed by atoms with E-state index < -0.39 is 4.92 Å². The maximum Gasteiger partial charge on any atom is 0.311 e. The van der Waals surface area contributed by atoms with Crippen LogP contribution in [-0.4, -0.2) is 30.0 Å². The second-order valence-corrected chi connectivity index (χ2v) is 4.97. The molecule has 0 N–H and O–H groups in total. The fourth-order valence-corrected chi connectivity index (χ4v) is 2.54. The number of nitro groups is 1. The van der Waals surface area contributed by atoms with E-state index in [0.717, 1.165) is 31.5 Å². The number of benzene rings is 1. The van der Waals surface area contributed by atoms with Gasteiger partial charge in [0.15, 0.2) is 5.75 Å². The molecule has 1 atom stereocenters. The number of hydrogen-bond donors (Lipinski definition) is 0. The molecule has 0 radical (unpaired) electrons. The highest BCUT2D eigenvalue weighted by molar-refractivity contribution is 5.48. The zero-order valence-electron chi connectivity index (χ0n) is 11.4. The number of ether oxygens (including phenoxy) is 1. The molecule has 1 aromatic carbocycles. The largest absolute Gasteiger partial charge is 0.490 e. The van der Waals surface area contributed by atoms with Gasteiger partial charge in [0.05, 0.1) is 24.0 Å². The fourth-order valence-electron chi connectivity index (χ4n) is 2.54. The Morgan fingerprint density at radius 1 is 1.60 bits per heavy atom. The molecule has 1 aromatic rings. The first kappa shape index (κ1) is 14.3. The second kappa shape index (κ2) is 6.35. The van der Waals surface area contributed by atoms with Gasteiger partial charge in [-0.3, -0.25) is 15.0 Å². The van der Waals surface area contributed by atoms with E-state index in [1.807, 2.05) is 6.07 Å². The molecular weight excluding hydrogens is 258 g/mol. The summed E-state index contributed by atoms with van der Waals surface area (Å²) >= 11 is 0. The van der Waals surface area contributed by atoms with Crippen LogP contribution in [0.4, 0.5) is 5.69 Å². The van der Waals surface area contributed by atoms with Crippen LogP contribution in [0.3, 0.4) is 0 Å². The highest BCUT2D eigenvalue weighted by Gasteiger charge is 2.21. The molecule has 0 spiro atoms. The van der Waals surface area contributed by atoms with Crippen molar-refractivity contribution < 1.29 is 9.66 Å². The molecule has 6 nitrogen and oxygen atoms in total. The molecule has 1 fully saturated rings. The molecule has 20 heavy (non-hydrogen) atoms. The van der Waals surface area contributed by atoms with E-state index in [1.165, 1.54) is 7.11 Å². The third-order valence-electron chi connectivity index (χ3n) is 3.53. The van der Waals surface area contributed by atoms with Gasteiger partial charge in [0.1, 0.15) is 0 Å². The lowest BCUT2D eigenvalue weighted by Crippen LogP contribution is -2.34. The van der Waals surface area contributed by atoms with Crippen molar-refractivity contribution in [3.05, 3.63) is 33.9 Å². The topological polar surface area (TPSA) is 79.4 Å². The molecule has 106 valence electrons. The zero-order valence-corrected chi connectivity index (χ0v) is 11.4. The van der Waals surface area contributed by atoms with Crippen LogP contribution in [0, 0.1) is 27.4 Å². The van der Waals surface area contributed by atoms with Crippen molar-refractivity contribution in [2.75, 3.05) is 20.2 Å². The number of nitro benzene ring substituents is 1. The van der Waals surface area contributed by atoms with Crippen LogP contribution in [-0.2, 0) is 6.54 Å². The average Bonchev–Trinajstić information content (AvgIpc) is 2.47. The maximum absolute atomic E-state index is 11.0. The maximum atomic E-state index is 11.0. The number of nitrogens with zero attached hydrogens (tertiary/aromatic N) is 3. The van der Waals surface area contributed by atoms with Gasteiger partial charge in [0, 0.05) is 19.2 Å². The minimum atomic E-state index is -0.434. The lowest BCUT2D eigenvalue weighted by atomic mass is 9.99. The van der Waals surface area contributed by atoms with E-state index >= 15 is 0 Å². The van der Waals surface area contributed by atoms with Crippen molar-refractivity contribution in [1.82, 2.24) is 4.90 Å². The number of nitriles is 1. The summed E-state index contributed by atoms with van der Waals surface area (Å²) < 4.78 is 4.99. The Hall–Kier alpha value is -2.13. The van der Waals surface area contributed by atoms with Gasteiger partial charge in [0.2, 0.25) is 0 Å². The van der Waals surface area contributed by atoms with E-state index in [4.69, 9.17) is 10.00 Å². The summed E-state index contributed by atoms with van der Waals surface area (Å²) in [6.07, 6.45) is 1.94. The molecule has 1 aliphatic heterocycles. The van der Waals surface area contributed by atoms with Crippen molar-refractivity contribution in [2.24, 2.45) is 5.92 Å². The minimum Gasteiger partial charge on any atom is -0.490 e. The van der Waals surface area contributed by atoms with E-state index in [1.54, 1.807) is 12.1 Å². The second-order valence-electron chi connectivity index (χ2n) is 4.97. The number of likely N-dealkylation sites (tertiary alicyclic amines) is 1. The Kier molecular flexibility index (Phi) is 4.53. The van der Waals surface area contributed by atoms with E-state index in [2.05, 4.69) is 11.0 Å². The molecule has 1 aliphatic rings. The normalized spacial score (nSPS) is 19.3. The average molecular weight is 275 g/mol. The first-order chi connectivity index (χ1) is 9.63. The summed E-state index contributed by atoms with van der Waals surface area (Å²) in [6, 6.07) is 7.31. The Morgan fingerprint density at radius 2 is 2.40 bits per heavy atom. The molecule has 0 aliphatic carbocycles. The molecule has 1 unspecified atom stereocenters. The third-order valence-corrected chi connectivity index (χ3v) is 3.53. The molecule has 1 saturated heterocycles. The molecule has 6 heteroatoms. The first-order valence-electron chi connectivity index (χ1n) is 6.57. The SMILES string of the molecule is COc1ccc(CN2CCCC(C#N)C2)cc1[N+](=O)[O-]. The third kappa shape index (κ3) is 3.25. The quantitative estimate of drug-likeness (QED) is 0.622. The smallest absolute Gasteiger partial charge is 0.311 e. The van der Waals surface area contributed by atoms with Gasteiger partial charge in [0.25, 0.3) is 0 Å². The Balaban J connectivity index is 2.12. The molecule has 0 aromatic heterocycles. The van der Waals surface area contributed by atoms with Gasteiger partial charge >= 0.3 is 5.69 Å². The molecule has 0 amide bonds. The predicted octanol–water partition coefficient (Wildman–Crippen LogP) is 2.34. The van der Waals surface area contributed by atoms with Gasteiger partial charge in [-0.1, -0.05) is 6.07 Å². The van der Waals surface area contributed by atoms with Gasteiger partial charge in [-0.25, -0.2) is 0 Å². The summed E-state index contributed by atoms with van der Waals surface area (Å²) in [5.41, 5.74) is 0.856. The van der Waals surface area contributed by atoms with Crippen LogP contribution < -0.4 is 4.74 Å². The van der Waals surface area contributed by atoms with Crippen molar-refractivity contribution in [1.29, 1.82) is 5.26 Å². The number of rotatable bonds is 4. The van der Waals surface area contributed by atoms with Gasteiger partial charge in [-0.2, -0.15) is 5.26 Å². The van der Waals surface area contributed by atoms with Gasteiger partial charge < -0.3 is 4.74 Å². The van der Waals surface area contributed by atoms with E-state index in [-0.39, 0.29) is 17.4 Å². The van der Waals surface area contributed by atoms with Crippen LogP contribution in [0.2, 0.25) is 0 Å². The van der Waals surface area contributed by atoms with E-state index in [0.29, 0.717) is 6.54 Å². The van der Waals surface area contributed by atoms with Crippen molar-refractivity contribution in [3.63, 3.8) is 0 Å². The van der Waals surface area contributed by atoms with Crippen molar-refractivity contribution in [2.45, 2.75) is 19.4 Å². The van der Waals surface area contributed by atoms with Crippen molar-refractivity contribution in [3.8, 4) is 11.8 Å². The highest BCUT2D eigenvalue weighted by atomic mass is 16.6. The van der Waals surface area contributed by atoms with Gasteiger partial charge in [-0.05, 0) is 31.0 Å². The molecule has 1 heterocycles. The minimum absolute atomic E-state index is 0.0150. The summed E-state index contributed by atoms with van der Waals surface area (Å²) in [7, 11) is 1.42.